The number of anilines is 1. The molecule has 0 bridgehead atoms. The first kappa shape index (κ1) is 18.6. The second kappa shape index (κ2) is 8.07. The monoisotopic (exact) mass is 404 g/mol. The maximum Gasteiger partial charge on any atom is 0.269 e. The van der Waals surface area contributed by atoms with Crippen LogP contribution in [0.3, 0.4) is 0 Å². The maximum atomic E-state index is 10.8. The minimum Gasteiger partial charge on any atom is -0.496 e. The number of hydrogen-bond donors (Lipinski definition) is 1. The van der Waals surface area contributed by atoms with Gasteiger partial charge in [0.05, 0.1) is 23.9 Å². The van der Waals surface area contributed by atoms with Gasteiger partial charge >= 0.3 is 0 Å². The highest BCUT2D eigenvalue weighted by molar-refractivity contribution is 7.14. The molecule has 29 heavy (non-hydrogen) atoms. The number of ether oxygens (including phenoxy) is 1. The Morgan fingerprint density at radius 3 is 2.69 bits per heavy atom. The van der Waals surface area contributed by atoms with Gasteiger partial charge in [-0.05, 0) is 29.0 Å². The zero-order valence-electron chi connectivity index (χ0n) is 15.4. The highest BCUT2D eigenvalue weighted by Crippen LogP contribution is 2.28. The second-order valence-corrected chi connectivity index (χ2v) is 6.97. The van der Waals surface area contributed by atoms with Gasteiger partial charge in [-0.25, -0.2) is 4.98 Å². The number of nitrogens with one attached hydrogen (secondary N) is 1. The quantitative estimate of drug-likeness (QED) is 0.267. The predicted octanol–water partition coefficient (Wildman–Crippen LogP) is 5.33. The molecule has 1 N–H and O–H groups in total. The maximum absolute atomic E-state index is 10.8. The Bertz CT molecular complexity index is 1200. The van der Waals surface area contributed by atoms with Crippen molar-refractivity contribution in [1.29, 1.82) is 0 Å². The summed E-state index contributed by atoms with van der Waals surface area (Å²) in [5, 5.41) is 19.7. The Morgan fingerprint density at radius 1 is 1.14 bits per heavy atom. The molecule has 0 radical (unpaired) electrons. The van der Waals surface area contributed by atoms with Crippen LogP contribution in [0.2, 0.25) is 0 Å². The predicted molar refractivity (Wildman–Crippen MR) is 116 cm³/mol. The molecule has 0 unspecified atom stereocenters. The van der Waals surface area contributed by atoms with E-state index in [4.69, 9.17) is 4.74 Å². The second-order valence-electron chi connectivity index (χ2n) is 6.11. The highest BCUT2D eigenvalue weighted by atomic mass is 32.1. The molecule has 0 aliphatic heterocycles. The molecule has 0 aliphatic rings. The first-order valence-corrected chi connectivity index (χ1v) is 9.59. The molecule has 7 nitrogen and oxygen atoms in total. The molecule has 0 spiro atoms. The van der Waals surface area contributed by atoms with Crippen molar-refractivity contribution in [3.63, 3.8) is 0 Å². The van der Waals surface area contributed by atoms with Crippen LogP contribution in [0.15, 0.2) is 71.1 Å². The number of methoxy groups -OCH3 is 1. The van der Waals surface area contributed by atoms with Crippen LogP contribution in [0, 0.1) is 10.1 Å². The number of fused-ring (bicyclic) bond motifs is 1. The Morgan fingerprint density at radius 2 is 1.93 bits per heavy atom. The van der Waals surface area contributed by atoms with E-state index in [-0.39, 0.29) is 5.69 Å². The molecule has 144 valence electrons. The molecule has 0 saturated carbocycles. The van der Waals surface area contributed by atoms with E-state index in [0.29, 0.717) is 5.13 Å². The van der Waals surface area contributed by atoms with Crippen LogP contribution in [0.5, 0.6) is 5.75 Å². The first-order valence-electron chi connectivity index (χ1n) is 8.71. The zero-order chi connectivity index (χ0) is 20.2. The van der Waals surface area contributed by atoms with E-state index in [1.165, 1.54) is 23.5 Å². The Labute approximate surface area is 170 Å². The van der Waals surface area contributed by atoms with Crippen LogP contribution in [-0.2, 0) is 0 Å². The number of hydrazone groups is 1. The number of non-ortho nitro benzene ring substituents is 1. The third-order valence-electron chi connectivity index (χ3n) is 4.38. The SMILES string of the molecule is COc1ccc2ccccc2c1/C=N/Nc1nc(-c2ccc([N+](=O)[O-])cc2)cs1. The number of aromatic nitrogens is 1. The molecule has 0 saturated heterocycles. The van der Waals surface area contributed by atoms with Crippen molar-refractivity contribution < 1.29 is 9.66 Å². The van der Waals surface area contributed by atoms with Gasteiger partial charge in [0.1, 0.15) is 5.75 Å². The number of rotatable bonds is 6. The lowest BCUT2D eigenvalue weighted by molar-refractivity contribution is -0.384. The number of nitrogens with zero attached hydrogens (tertiary/aromatic N) is 3. The standard InChI is InChI=1S/C21H16N4O3S/c1-28-20-11-8-14-4-2-3-5-17(14)18(20)12-22-24-21-23-19(13-29-21)15-6-9-16(10-7-15)25(26)27/h2-13H,1H3,(H,23,24)/b22-12+. The van der Waals surface area contributed by atoms with Gasteiger partial charge in [-0.2, -0.15) is 5.10 Å². The molecule has 1 heterocycles. The smallest absolute Gasteiger partial charge is 0.269 e. The van der Waals surface area contributed by atoms with Crippen LogP contribution in [0.4, 0.5) is 10.8 Å². The van der Waals surface area contributed by atoms with Crippen molar-refractivity contribution in [3.05, 3.63) is 81.7 Å². The van der Waals surface area contributed by atoms with Crippen LogP contribution in [0.25, 0.3) is 22.0 Å². The van der Waals surface area contributed by atoms with Gasteiger partial charge in [-0.3, -0.25) is 15.5 Å². The minimum absolute atomic E-state index is 0.0518. The number of hydrogen-bond acceptors (Lipinski definition) is 7. The van der Waals surface area contributed by atoms with Crippen LogP contribution in [-0.4, -0.2) is 23.2 Å². The summed E-state index contributed by atoms with van der Waals surface area (Å²) in [7, 11) is 1.63. The normalized spacial score (nSPS) is 11.1. The summed E-state index contributed by atoms with van der Waals surface area (Å²) < 4.78 is 5.46. The lowest BCUT2D eigenvalue weighted by Crippen LogP contribution is -1.95. The number of benzene rings is 3. The van der Waals surface area contributed by atoms with E-state index < -0.39 is 4.92 Å². The first-order chi connectivity index (χ1) is 14.2. The largest absolute Gasteiger partial charge is 0.496 e. The minimum atomic E-state index is -0.423. The Balaban J connectivity index is 1.54. The van der Waals surface area contributed by atoms with E-state index in [1.54, 1.807) is 25.5 Å². The average Bonchev–Trinajstić information content (AvgIpc) is 3.23. The van der Waals surface area contributed by atoms with E-state index in [0.717, 1.165) is 33.3 Å². The molecule has 0 atom stereocenters. The summed E-state index contributed by atoms with van der Waals surface area (Å²) in [6.07, 6.45) is 1.72. The van der Waals surface area contributed by atoms with Crippen molar-refractivity contribution in [1.82, 2.24) is 4.98 Å². The van der Waals surface area contributed by atoms with Crippen molar-refractivity contribution >= 4 is 39.1 Å². The molecule has 0 fully saturated rings. The molecule has 4 aromatic rings. The molecule has 8 heteroatoms. The highest BCUT2D eigenvalue weighted by Gasteiger charge is 2.09. The van der Waals surface area contributed by atoms with E-state index in [2.05, 4.69) is 15.5 Å². The molecule has 4 rings (SSSR count). The van der Waals surface area contributed by atoms with Crippen LogP contribution < -0.4 is 10.2 Å². The van der Waals surface area contributed by atoms with Gasteiger partial charge < -0.3 is 4.74 Å². The van der Waals surface area contributed by atoms with E-state index >= 15 is 0 Å². The number of thiazole rings is 1. The fraction of sp³-hybridized carbons (Fsp3) is 0.0476. The van der Waals surface area contributed by atoms with Gasteiger partial charge in [-0.15, -0.1) is 11.3 Å². The van der Waals surface area contributed by atoms with Gasteiger partial charge in [0, 0.05) is 28.6 Å². The van der Waals surface area contributed by atoms with Crippen LogP contribution >= 0.6 is 11.3 Å². The van der Waals surface area contributed by atoms with E-state index in [9.17, 15) is 10.1 Å². The van der Waals surface area contributed by atoms with Crippen LogP contribution in [0.1, 0.15) is 5.56 Å². The summed E-state index contributed by atoms with van der Waals surface area (Å²) in [6.45, 7) is 0. The van der Waals surface area contributed by atoms with Crippen molar-refractivity contribution in [2.75, 3.05) is 12.5 Å². The Kier molecular flexibility index (Phi) is 5.17. The topological polar surface area (TPSA) is 89.7 Å². The zero-order valence-corrected chi connectivity index (χ0v) is 16.2. The Hall–Kier alpha value is -3.78. The van der Waals surface area contributed by atoms with Gasteiger partial charge in [0.25, 0.3) is 5.69 Å². The summed E-state index contributed by atoms with van der Waals surface area (Å²) in [6, 6.07) is 18.2. The van der Waals surface area contributed by atoms with Crippen molar-refractivity contribution in [2.45, 2.75) is 0 Å². The molecule has 1 aromatic heterocycles. The third-order valence-corrected chi connectivity index (χ3v) is 5.13. The van der Waals surface area contributed by atoms with Gasteiger partial charge in [0.2, 0.25) is 5.13 Å². The molecule has 0 amide bonds. The van der Waals surface area contributed by atoms with E-state index in [1.807, 2.05) is 41.8 Å². The van der Waals surface area contributed by atoms with Crippen molar-refractivity contribution in [3.8, 4) is 17.0 Å². The average molecular weight is 404 g/mol. The number of nitro benzene ring substituents is 1. The molecular weight excluding hydrogens is 388 g/mol. The van der Waals surface area contributed by atoms with Gasteiger partial charge in [-0.1, -0.05) is 30.3 Å². The fourth-order valence-electron chi connectivity index (χ4n) is 2.95. The molecule has 3 aromatic carbocycles. The summed E-state index contributed by atoms with van der Waals surface area (Å²) in [4.78, 5) is 14.8. The lowest BCUT2D eigenvalue weighted by atomic mass is 10.0. The van der Waals surface area contributed by atoms with Gasteiger partial charge in [0.15, 0.2) is 0 Å². The molecule has 0 aliphatic carbocycles. The summed E-state index contributed by atoms with van der Waals surface area (Å²) in [5.74, 6) is 0.736. The third kappa shape index (κ3) is 3.92. The fourth-order valence-corrected chi connectivity index (χ4v) is 3.62. The molecular formula is C21H16N4O3S. The number of nitro groups is 1. The lowest BCUT2D eigenvalue weighted by Gasteiger charge is -2.08. The van der Waals surface area contributed by atoms with Crippen molar-refractivity contribution in [2.24, 2.45) is 5.10 Å². The summed E-state index contributed by atoms with van der Waals surface area (Å²) >= 11 is 1.40. The summed E-state index contributed by atoms with van der Waals surface area (Å²) in [5.41, 5.74) is 5.41.